The van der Waals surface area contributed by atoms with E-state index in [4.69, 9.17) is 16.3 Å². The molecule has 0 N–H and O–H groups in total. The van der Waals surface area contributed by atoms with Crippen LogP contribution in [-0.4, -0.2) is 12.4 Å². The number of hydrogen-bond acceptors (Lipinski definition) is 2. The van der Waals surface area contributed by atoms with Gasteiger partial charge in [-0.1, -0.05) is 17.7 Å². The summed E-state index contributed by atoms with van der Waals surface area (Å²) >= 11 is 10.3. The zero-order valence-electron chi connectivity index (χ0n) is 9.00. The van der Waals surface area contributed by atoms with Crippen molar-refractivity contribution < 1.29 is 4.74 Å². The first-order valence-corrected chi connectivity index (χ1v) is 6.31. The second kappa shape index (κ2) is 7.02. The van der Waals surface area contributed by atoms with Gasteiger partial charge >= 0.3 is 0 Å². The van der Waals surface area contributed by atoms with Crippen LogP contribution >= 0.6 is 24.2 Å². The zero-order valence-corrected chi connectivity index (χ0v) is 10.7. The average molecular weight is 245 g/mol. The van der Waals surface area contributed by atoms with E-state index >= 15 is 0 Å². The fraction of sp³-hybridized carbons (Fsp3) is 0.500. The lowest BCUT2D eigenvalue weighted by Crippen LogP contribution is -1.93. The molecule has 0 atom stereocenters. The third-order valence-corrected chi connectivity index (χ3v) is 2.78. The van der Waals surface area contributed by atoms with Crippen molar-refractivity contribution in [3.05, 3.63) is 28.8 Å². The molecule has 3 heteroatoms. The van der Waals surface area contributed by atoms with Gasteiger partial charge in [-0.25, -0.2) is 0 Å². The Morgan fingerprint density at radius 2 is 2.13 bits per heavy atom. The van der Waals surface area contributed by atoms with Gasteiger partial charge in [0.05, 0.1) is 11.6 Å². The molecule has 0 heterocycles. The molecule has 1 rings (SSSR count). The molecule has 0 aliphatic rings. The van der Waals surface area contributed by atoms with Crippen molar-refractivity contribution in [1.29, 1.82) is 0 Å². The molecule has 15 heavy (non-hydrogen) atoms. The van der Waals surface area contributed by atoms with Crippen LogP contribution in [0.25, 0.3) is 0 Å². The number of rotatable bonds is 6. The monoisotopic (exact) mass is 244 g/mol. The summed E-state index contributed by atoms with van der Waals surface area (Å²) < 4.78 is 5.37. The highest BCUT2D eigenvalue weighted by molar-refractivity contribution is 7.80. The van der Waals surface area contributed by atoms with E-state index in [2.05, 4.69) is 18.7 Å². The zero-order chi connectivity index (χ0) is 11.1. The molecule has 1 aromatic rings. The van der Waals surface area contributed by atoms with E-state index in [0.29, 0.717) is 11.6 Å². The SMILES string of the molecule is CCOc1ccc(CCCCS)cc1Cl. The second-order valence-corrected chi connectivity index (χ2v) is 4.23. The summed E-state index contributed by atoms with van der Waals surface area (Å²) in [7, 11) is 0. The van der Waals surface area contributed by atoms with Crippen molar-refractivity contribution in [1.82, 2.24) is 0 Å². The summed E-state index contributed by atoms with van der Waals surface area (Å²) in [5.41, 5.74) is 1.27. The molecule has 0 aliphatic heterocycles. The molecular formula is C12H17ClOS. The minimum Gasteiger partial charge on any atom is -0.492 e. The molecule has 0 fully saturated rings. The van der Waals surface area contributed by atoms with Crippen LogP contribution in [0.3, 0.4) is 0 Å². The quantitative estimate of drug-likeness (QED) is 0.588. The molecule has 1 nitrogen and oxygen atoms in total. The van der Waals surface area contributed by atoms with Crippen molar-refractivity contribution in [3.8, 4) is 5.75 Å². The van der Waals surface area contributed by atoms with Gasteiger partial charge in [0.1, 0.15) is 5.75 Å². The number of halogens is 1. The number of unbranched alkanes of at least 4 members (excludes halogenated alkanes) is 1. The molecule has 0 bridgehead atoms. The van der Waals surface area contributed by atoms with Crippen molar-refractivity contribution in [2.45, 2.75) is 26.2 Å². The fourth-order valence-electron chi connectivity index (χ4n) is 1.41. The average Bonchev–Trinajstić information content (AvgIpc) is 2.23. The van der Waals surface area contributed by atoms with Crippen LogP contribution in [0.4, 0.5) is 0 Å². The number of aryl methyl sites for hydroxylation is 1. The minimum atomic E-state index is 0.652. The van der Waals surface area contributed by atoms with Gasteiger partial charge in [-0.05, 0) is 49.6 Å². The van der Waals surface area contributed by atoms with Crippen molar-refractivity contribution >= 4 is 24.2 Å². The fourth-order valence-corrected chi connectivity index (χ4v) is 1.89. The van der Waals surface area contributed by atoms with E-state index in [1.54, 1.807) is 0 Å². The van der Waals surface area contributed by atoms with Crippen molar-refractivity contribution in [2.24, 2.45) is 0 Å². The lowest BCUT2D eigenvalue weighted by Gasteiger charge is -2.07. The standard InChI is InChI=1S/C12H17ClOS/c1-2-14-12-7-6-10(9-11(12)13)5-3-4-8-15/h6-7,9,15H,2-5,8H2,1H3. The van der Waals surface area contributed by atoms with Crippen molar-refractivity contribution in [3.63, 3.8) is 0 Å². The van der Waals surface area contributed by atoms with E-state index in [0.717, 1.165) is 30.8 Å². The normalized spacial score (nSPS) is 10.3. The van der Waals surface area contributed by atoms with Gasteiger partial charge in [-0.3, -0.25) is 0 Å². The summed E-state index contributed by atoms with van der Waals surface area (Å²) in [6, 6.07) is 6.02. The summed E-state index contributed by atoms with van der Waals surface area (Å²) in [5.74, 6) is 1.72. The number of hydrogen-bond donors (Lipinski definition) is 1. The summed E-state index contributed by atoms with van der Waals surface area (Å²) in [5, 5.41) is 0.709. The molecule has 1 aromatic carbocycles. The van der Waals surface area contributed by atoms with Crippen LogP contribution in [0.5, 0.6) is 5.75 Å². The number of benzene rings is 1. The second-order valence-electron chi connectivity index (χ2n) is 3.38. The Morgan fingerprint density at radius 3 is 2.73 bits per heavy atom. The highest BCUT2D eigenvalue weighted by Gasteiger charge is 2.02. The highest BCUT2D eigenvalue weighted by atomic mass is 35.5. The van der Waals surface area contributed by atoms with Crippen molar-refractivity contribution in [2.75, 3.05) is 12.4 Å². The Kier molecular flexibility index (Phi) is 5.96. The Balaban J connectivity index is 2.56. The van der Waals surface area contributed by atoms with Crippen LogP contribution in [0.1, 0.15) is 25.3 Å². The van der Waals surface area contributed by atoms with Gasteiger partial charge in [0.15, 0.2) is 0 Å². The molecule has 0 aromatic heterocycles. The number of ether oxygens (including phenoxy) is 1. The maximum Gasteiger partial charge on any atom is 0.137 e. The van der Waals surface area contributed by atoms with Gasteiger partial charge in [0, 0.05) is 0 Å². The summed E-state index contributed by atoms with van der Waals surface area (Å²) in [6.45, 7) is 2.61. The lowest BCUT2D eigenvalue weighted by atomic mass is 10.1. The largest absolute Gasteiger partial charge is 0.492 e. The smallest absolute Gasteiger partial charge is 0.137 e. The van der Waals surface area contributed by atoms with E-state index in [9.17, 15) is 0 Å². The van der Waals surface area contributed by atoms with Crippen LogP contribution in [0.2, 0.25) is 5.02 Å². The predicted octanol–water partition coefficient (Wildman–Crippen LogP) is 3.99. The van der Waals surface area contributed by atoms with E-state index in [1.807, 2.05) is 19.1 Å². The van der Waals surface area contributed by atoms with Gasteiger partial charge < -0.3 is 4.74 Å². The van der Waals surface area contributed by atoms with E-state index in [1.165, 1.54) is 5.56 Å². The maximum absolute atomic E-state index is 6.08. The Bertz CT molecular complexity index is 302. The minimum absolute atomic E-state index is 0.652. The topological polar surface area (TPSA) is 9.23 Å². The lowest BCUT2D eigenvalue weighted by molar-refractivity contribution is 0.340. The van der Waals surface area contributed by atoms with Crippen LogP contribution in [0, 0.1) is 0 Å². The molecule has 0 aliphatic carbocycles. The molecule has 0 saturated heterocycles. The molecule has 0 saturated carbocycles. The molecule has 0 unspecified atom stereocenters. The molecule has 0 amide bonds. The van der Waals surface area contributed by atoms with E-state index in [-0.39, 0.29) is 0 Å². The number of thiol groups is 1. The molecule has 84 valence electrons. The predicted molar refractivity (Wildman–Crippen MR) is 69.4 cm³/mol. The Hall–Kier alpha value is -0.340. The Labute approximate surface area is 102 Å². The van der Waals surface area contributed by atoms with Gasteiger partial charge in [-0.15, -0.1) is 0 Å². The summed E-state index contributed by atoms with van der Waals surface area (Å²) in [6.07, 6.45) is 3.37. The molecule has 0 spiro atoms. The van der Waals surface area contributed by atoms with Crippen LogP contribution in [0.15, 0.2) is 18.2 Å². The third-order valence-electron chi connectivity index (χ3n) is 2.17. The van der Waals surface area contributed by atoms with Crippen LogP contribution < -0.4 is 4.74 Å². The first kappa shape index (κ1) is 12.7. The van der Waals surface area contributed by atoms with Gasteiger partial charge in [0.25, 0.3) is 0 Å². The van der Waals surface area contributed by atoms with E-state index < -0.39 is 0 Å². The Morgan fingerprint density at radius 1 is 1.33 bits per heavy atom. The molecular weight excluding hydrogens is 228 g/mol. The first-order chi connectivity index (χ1) is 7.27. The highest BCUT2D eigenvalue weighted by Crippen LogP contribution is 2.26. The molecule has 0 radical (unpaired) electrons. The summed E-state index contributed by atoms with van der Waals surface area (Å²) in [4.78, 5) is 0. The maximum atomic E-state index is 6.08. The van der Waals surface area contributed by atoms with Gasteiger partial charge in [0.2, 0.25) is 0 Å². The third kappa shape index (κ3) is 4.35. The van der Waals surface area contributed by atoms with Crippen LogP contribution in [-0.2, 0) is 6.42 Å². The van der Waals surface area contributed by atoms with Gasteiger partial charge in [-0.2, -0.15) is 12.6 Å². The first-order valence-electron chi connectivity index (χ1n) is 5.30.